The number of morpholine rings is 1. The second-order valence-electron chi connectivity index (χ2n) is 8.51. The lowest BCUT2D eigenvalue weighted by molar-refractivity contribution is 0.122. The van der Waals surface area contributed by atoms with E-state index < -0.39 is 0 Å². The SMILES string of the molecule is Cc1nc(N[C@H](C)c2cc(N)cc(F)c2)c2cc(N3CCOCC3)c3c(c2n1)CCC3. The number of nitrogens with zero attached hydrogens (tertiary/aromatic N) is 3. The number of rotatable bonds is 4. The Morgan fingerprint density at radius 1 is 1.10 bits per heavy atom. The minimum absolute atomic E-state index is 0.157. The van der Waals surface area contributed by atoms with E-state index in [0.717, 1.165) is 73.7 Å². The number of halogens is 1. The maximum Gasteiger partial charge on any atom is 0.138 e. The lowest BCUT2D eigenvalue weighted by Gasteiger charge is -2.31. The summed E-state index contributed by atoms with van der Waals surface area (Å²) in [5, 5.41) is 4.52. The van der Waals surface area contributed by atoms with Crippen LogP contribution in [-0.2, 0) is 17.6 Å². The third kappa shape index (κ3) is 3.78. The van der Waals surface area contributed by atoms with Crippen LogP contribution in [0.5, 0.6) is 0 Å². The van der Waals surface area contributed by atoms with Gasteiger partial charge in [-0.05, 0) is 74.1 Å². The molecule has 5 rings (SSSR count). The number of ether oxygens (including phenoxy) is 1. The number of anilines is 3. The molecule has 6 nitrogen and oxygen atoms in total. The van der Waals surface area contributed by atoms with E-state index in [4.69, 9.17) is 20.4 Å². The fourth-order valence-electron chi connectivity index (χ4n) is 4.83. The van der Waals surface area contributed by atoms with Crippen molar-refractivity contribution >= 4 is 28.1 Å². The van der Waals surface area contributed by atoms with Crippen molar-refractivity contribution in [3.8, 4) is 0 Å². The van der Waals surface area contributed by atoms with Crippen molar-refractivity contribution in [1.29, 1.82) is 0 Å². The predicted molar refractivity (Wildman–Crippen MR) is 122 cm³/mol. The fraction of sp³-hybridized carbons (Fsp3) is 0.417. The average molecular weight is 422 g/mol. The van der Waals surface area contributed by atoms with Crippen molar-refractivity contribution in [1.82, 2.24) is 9.97 Å². The monoisotopic (exact) mass is 421 g/mol. The molecule has 2 aliphatic rings. The number of nitrogens with one attached hydrogen (secondary N) is 1. The molecule has 1 aliphatic carbocycles. The van der Waals surface area contributed by atoms with E-state index in [2.05, 4.69) is 16.3 Å². The van der Waals surface area contributed by atoms with Crippen molar-refractivity contribution in [3.63, 3.8) is 0 Å². The number of fused-ring (bicyclic) bond motifs is 3. The van der Waals surface area contributed by atoms with Crippen LogP contribution in [0.1, 0.15) is 41.9 Å². The van der Waals surface area contributed by atoms with Crippen LogP contribution in [0.25, 0.3) is 10.9 Å². The maximum atomic E-state index is 13.9. The maximum absolute atomic E-state index is 13.9. The second-order valence-corrected chi connectivity index (χ2v) is 8.51. The van der Waals surface area contributed by atoms with E-state index in [1.807, 2.05) is 13.8 Å². The van der Waals surface area contributed by atoms with Crippen LogP contribution in [-0.4, -0.2) is 36.3 Å². The molecule has 1 atom stereocenters. The van der Waals surface area contributed by atoms with Crippen LogP contribution in [0.3, 0.4) is 0 Å². The van der Waals surface area contributed by atoms with Gasteiger partial charge < -0.3 is 20.7 Å². The molecule has 31 heavy (non-hydrogen) atoms. The normalized spacial score (nSPS) is 17.1. The molecular weight excluding hydrogens is 393 g/mol. The van der Waals surface area contributed by atoms with Gasteiger partial charge in [-0.2, -0.15) is 0 Å². The largest absolute Gasteiger partial charge is 0.399 e. The zero-order valence-electron chi connectivity index (χ0n) is 18.0. The summed E-state index contributed by atoms with van der Waals surface area (Å²) < 4.78 is 19.5. The summed E-state index contributed by atoms with van der Waals surface area (Å²) in [7, 11) is 0. The molecule has 0 saturated carbocycles. The number of benzene rings is 2. The summed E-state index contributed by atoms with van der Waals surface area (Å²) in [5.74, 6) is 1.18. The molecule has 0 spiro atoms. The van der Waals surface area contributed by atoms with Crippen LogP contribution < -0.4 is 16.0 Å². The summed E-state index contributed by atoms with van der Waals surface area (Å²) in [6, 6.07) is 6.72. The molecule has 1 aromatic heterocycles. The van der Waals surface area contributed by atoms with Crippen molar-refractivity contribution in [2.24, 2.45) is 0 Å². The minimum atomic E-state index is -0.334. The summed E-state index contributed by atoms with van der Waals surface area (Å²) in [5.41, 5.74) is 12.1. The predicted octanol–water partition coefficient (Wildman–Crippen LogP) is 4.16. The first-order chi connectivity index (χ1) is 15.0. The zero-order valence-corrected chi connectivity index (χ0v) is 18.0. The Labute approximate surface area is 181 Å². The van der Waals surface area contributed by atoms with Crippen molar-refractivity contribution in [2.45, 2.75) is 39.2 Å². The highest BCUT2D eigenvalue weighted by Crippen LogP contribution is 2.39. The van der Waals surface area contributed by atoms with E-state index in [0.29, 0.717) is 5.69 Å². The zero-order chi connectivity index (χ0) is 21.5. The van der Waals surface area contributed by atoms with Gasteiger partial charge in [0.1, 0.15) is 17.5 Å². The molecule has 2 aromatic carbocycles. The van der Waals surface area contributed by atoms with Gasteiger partial charge in [0.25, 0.3) is 0 Å². The van der Waals surface area contributed by atoms with Gasteiger partial charge in [0, 0.05) is 29.9 Å². The van der Waals surface area contributed by atoms with E-state index in [-0.39, 0.29) is 11.9 Å². The number of nitrogens with two attached hydrogens (primary N) is 1. The van der Waals surface area contributed by atoms with E-state index in [9.17, 15) is 4.39 Å². The molecule has 3 aromatic rings. The summed E-state index contributed by atoms with van der Waals surface area (Å²) in [6.45, 7) is 7.21. The first-order valence-corrected chi connectivity index (χ1v) is 11.0. The Kier molecular flexibility index (Phi) is 5.14. The van der Waals surface area contributed by atoms with Crippen molar-refractivity contribution in [2.75, 3.05) is 42.3 Å². The lowest BCUT2D eigenvalue weighted by Crippen LogP contribution is -2.36. The molecule has 7 heteroatoms. The molecule has 0 unspecified atom stereocenters. The molecule has 0 bridgehead atoms. The van der Waals surface area contributed by atoms with Crippen LogP contribution in [0.4, 0.5) is 21.6 Å². The molecule has 1 aliphatic heterocycles. The van der Waals surface area contributed by atoms with Gasteiger partial charge in [-0.3, -0.25) is 0 Å². The molecule has 1 saturated heterocycles. The molecular formula is C24H28FN5O. The topological polar surface area (TPSA) is 76.3 Å². The van der Waals surface area contributed by atoms with Gasteiger partial charge in [0.05, 0.1) is 24.8 Å². The summed E-state index contributed by atoms with van der Waals surface area (Å²) >= 11 is 0. The number of hydrogen-bond acceptors (Lipinski definition) is 6. The van der Waals surface area contributed by atoms with E-state index >= 15 is 0 Å². The smallest absolute Gasteiger partial charge is 0.138 e. The summed E-state index contributed by atoms with van der Waals surface area (Å²) in [6.07, 6.45) is 3.27. The van der Waals surface area contributed by atoms with Gasteiger partial charge in [-0.25, -0.2) is 14.4 Å². The Morgan fingerprint density at radius 3 is 2.65 bits per heavy atom. The van der Waals surface area contributed by atoms with Gasteiger partial charge in [0.15, 0.2) is 0 Å². The lowest BCUT2D eigenvalue weighted by atomic mass is 10.0. The van der Waals surface area contributed by atoms with Gasteiger partial charge in [0.2, 0.25) is 0 Å². The Balaban J connectivity index is 1.61. The van der Waals surface area contributed by atoms with Crippen LogP contribution in [0.2, 0.25) is 0 Å². The Bertz CT molecular complexity index is 1120. The first kappa shape index (κ1) is 20.0. The van der Waals surface area contributed by atoms with Crippen molar-refractivity contribution in [3.05, 3.63) is 52.6 Å². The van der Waals surface area contributed by atoms with E-state index in [1.54, 1.807) is 6.07 Å². The number of hydrogen-bond donors (Lipinski definition) is 2. The molecule has 0 radical (unpaired) electrons. The van der Waals surface area contributed by atoms with Crippen molar-refractivity contribution < 1.29 is 9.13 Å². The number of nitrogen functional groups attached to an aromatic ring is 1. The number of aryl methyl sites for hydroxylation is 2. The molecule has 3 N–H and O–H groups in total. The molecule has 0 amide bonds. The third-order valence-corrected chi connectivity index (χ3v) is 6.30. The molecule has 2 heterocycles. The number of aromatic nitrogens is 2. The Morgan fingerprint density at radius 2 is 1.87 bits per heavy atom. The Hall–Kier alpha value is -2.93. The molecule has 1 fully saturated rings. The highest BCUT2D eigenvalue weighted by atomic mass is 19.1. The highest BCUT2D eigenvalue weighted by molar-refractivity contribution is 5.96. The van der Waals surface area contributed by atoms with Gasteiger partial charge >= 0.3 is 0 Å². The third-order valence-electron chi connectivity index (χ3n) is 6.30. The summed E-state index contributed by atoms with van der Waals surface area (Å²) in [4.78, 5) is 12.0. The van der Waals surface area contributed by atoms with E-state index in [1.165, 1.54) is 28.9 Å². The van der Waals surface area contributed by atoms with Gasteiger partial charge in [-0.1, -0.05) is 0 Å². The van der Waals surface area contributed by atoms with Crippen LogP contribution in [0, 0.1) is 12.7 Å². The first-order valence-electron chi connectivity index (χ1n) is 11.0. The van der Waals surface area contributed by atoms with Crippen LogP contribution >= 0.6 is 0 Å². The quantitative estimate of drug-likeness (QED) is 0.616. The van der Waals surface area contributed by atoms with Crippen LogP contribution in [0.15, 0.2) is 24.3 Å². The highest BCUT2D eigenvalue weighted by Gasteiger charge is 2.25. The van der Waals surface area contributed by atoms with Gasteiger partial charge in [-0.15, -0.1) is 0 Å². The fourth-order valence-corrected chi connectivity index (χ4v) is 4.83. The minimum Gasteiger partial charge on any atom is -0.399 e. The second kappa shape index (κ2) is 7.96. The standard InChI is InChI=1S/C24H28FN5O/c1-14(16-10-17(25)12-18(26)11-16)27-24-21-13-22(30-6-8-31-9-7-30)19-4-3-5-20(19)23(21)28-15(2)29-24/h10-14H,3-9,26H2,1-2H3,(H,27,28,29)/t14-/m1/s1. The average Bonchev–Trinajstić information content (AvgIpc) is 3.23. The molecule has 162 valence electrons.